The van der Waals surface area contributed by atoms with Crippen molar-refractivity contribution in [2.75, 3.05) is 24.3 Å². The summed E-state index contributed by atoms with van der Waals surface area (Å²) >= 11 is 1.69. The number of aromatic nitrogens is 2. The molecular formula is C12H16N4S. The van der Waals surface area contributed by atoms with Gasteiger partial charge in [0.1, 0.15) is 11.6 Å². The van der Waals surface area contributed by atoms with Crippen molar-refractivity contribution in [3.8, 4) is 0 Å². The molecule has 0 bridgehead atoms. The maximum atomic E-state index is 4.50. The third-order valence-electron chi connectivity index (χ3n) is 2.61. The van der Waals surface area contributed by atoms with Crippen LogP contribution in [0.4, 0.5) is 11.6 Å². The third-order valence-corrected chi connectivity index (χ3v) is 3.53. The fraction of sp³-hybridized carbons (Fsp3) is 0.333. The lowest BCUT2D eigenvalue weighted by atomic mass is 10.3. The van der Waals surface area contributed by atoms with E-state index in [4.69, 9.17) is 0 Å². The molecule has 90 valence electrons. The van der Waals surface area contributed by atoms with Crippen molar-refractivity contribution in [2.45, 2.75) is 13.5 Å². The van der Waals surface area contributed by atoms with E-state index in [2.05, 4.69) is 20.2 Å². The topological polar surface area (TPSA) is 41.0 Å². The van der Waals surface area contributed by atoms with Crippen molar-refractivity contribution >= 4 is 23.0 Å². The zero-order chi connectivity index (χ0) is 12.3. The number of nitrogens with one attached hydrogen (secondary N) is 1. The van der Waals surface area contributed by atoms with Crippen LogP contribution >= 0.6 is 11.3 Å². The Bertz CT molecular complexity index is 495. The van der Waals surface area contributed by atoms with E-state index in [9.17, 15) is 0 Å². The molecule has 0 spiro atoms. The molecule has 0 fully saturated rings. The summed E-state index contributed by atoms with van der Waals surface area (Å²) < 4.78 is 0. The molecule has 0 radical (unpaired) electrons. The Labute approximate surface area is 105 Å². The van der Waals surface area contributed by atoms with Gasteiger partial charge in [0.15, 0.2) is 0 Å². The highest BCUT2D eigenvalue weighted by atomic mass is 32.1. The highest BCUT2D eigenvalue weighted by Gasteiger charge is 2.07. The Morgan fingerprint density at radius 2 is 2.24 bits per heavy atom. The molecule has 2 heterocycles. The average Bonchev–Trinajstić information content (AvgIpc) is 2.75. The molecule has 17 heavy (non-hydrogen) atoms. The van der Waals surface area contributed by atoms with Gasteiger partial charge in [-0.3, -0.25) is 0 Å². The van der Waals surface area contributed by atoms with E-state index >= 15 is 0 Å². The van der Waals surface area contributed by atoms with Crippen molar-refractivity contribution < 1.29 is 0 Å². The summed E-state index contributed by atoms with van der Waals surface area (Å²) in [6.45, 7) is 2.88. The van der Waals surface area contributed by atoms with E-state index in [1.807, 2.05) is 44.7 Å². The van der Waals surface area contributed by atoms with Crippen molar-refractivity contribution in [3.05, 3.63) is 34.3 Å². The standard InChI is InChI=1S/C12H16N4S/c1-9-10(17-8-14-9)7-16(3)12-6-4-5-11(13-2)15-12/h4-6,8H,7H2,1-3H3,(H,13,15). The van der Waals surface area contributed by atoms with E-state index in [0.717, 1.165) is 23.9 Å². The van der Waals surface area contributed by atoms with E-state index in [-0.39, 0.29) is 0 Å². The Morgan fingerprint density at radius 1 is 1.41 bits per heavy atom. The molecule has 5 heteroatoms. The summed E-state index contributed by atoms with van der Waals surface area (Å²) in [5, 5.41) is 3.04. The van der Waals surface area contributed by atoms with Gasteiger partial charge in [-0.2, -0.15) is 0 Å². The molecule has 0 unspecified atom stereocenters. The first-order valence-corrected chi connectivity index (χ1v) is 6.33. The van der Waals surface area contributed by atoms with Gasteiger partial charge in [0.2, 0.25) is 0 Å². The average molecular weight is 248 g/mol. The minimum Gasteiger partial charge on any atom is -0.373 e. The predicted octanol–water partition coefficient (Wildman–Crippen LogP) is 2.52. The molecule has 0 aliphatic rings. The smallest absolute Gasteiger partial charge is 0.131 e. The quantitative estimate of drug-likeness (QED) is 0.902. The van der Waals surface area contributed by atoms with Crippen LogP contribution in [-0.4, -0.2) is 24.1 Å². The van der Waals surface area contributed by atoms with Gasteiger partial charge in [-0.1, -0.05) is 6.07 Å². The second-order valence-electron chi connectivity index (χ2n) is 3.85. The minimum atomic E-state index is 0.844. The zero-order valence-electron chi connectivity index (χ0n) is 10.3. The number of hydrogen-bond acceptors (Lipinski definition) is 5. The summed E-state index contributed by atoms with van der Waals surface area (Å²) in [6, 6.07) is 5.97. The molecule has 0 aromatic carbocycles. The van der Waals surface area contributed by atoms with Crippen molar-refractivity contribution in [2.24, 2.45) is 0 Å². The second kappa shape index (κ2) is 5.14. The molecule has 0 aliphatic carbocycles. The van der Waals surface area contributed by atoms with Crippen molar-refractivity contribution in [1.82, 2.24) is 9.97 Å². The number of hydrogen-bond donors (Lipinski definition) is 1. The SMILES string of the molecule is CNc1cccc(N(C)Cc2scnc2C)n1. The lowest BCUT2D eigenvalue weighted by Crippen LogP contribution is -2.17. The summed E-state index contributed by atoms with van der Waals surface area (Å²) in [7, 11) is 3.92. The Hall–Kier alpha value is -1.62. The van der Waals surface area contributed by atoms with Crippen LogP contribution in [0.1, 0.15) is 10.6 Å². The molecule has 4 nitrogen and oxygen atoms in total. The van der Waals surface area contributed by atoms with Gasteiger partial charge >= 0.3 is 0 Å². The number of rotatable bonds is 4. The van der Waals surface area contributed by atoms with Gasteiger partial charge in [-0.05, 0) is 19.1 Å². The van der Waals surface area contributed by atoms with Crippen LogP contribution in [0, 0.1) is 6.92 Å². The van der Waals surface area contributed by atoms with Gasteiger partial charge in [-0.25, -0.2) is 9.97 Å². The van der Waals surface area contributed by atoms with Gasteiger partial charge < -0.3 is 10.2 Å². The zero-order valence-corrected chi connectivity index (χ0v) is 11.1. The van der Waals surface area contributed by atoms with Crippen LogP contribution in [0.25, 0.3) is 0 Å². The summed E-state index contributed by atoms with van der Waals surface area (Å²) in [6.07, 6.45) is 0. The van der Waals surface area contributed by atoms with E-state index < -0.39 is 0 Å². The Morgan fingerprint density at radius 3 is 2.88 bits per heavy atom. The summed E-state index contributed by atoms with van der Waals surface area (Å²) in [5.74, 6) is 1.85. The molecule has 0 atom stereocenters. The molecule has 0 saturated heterocycles. The lowest BCUT2D eigenvalue weighted by molar-refractivity contribution is 0.902. The molecule has 2 rings (SSSR count). The Kier molecular flexibility index (Phi) is 3.58. The Balaban J connectivity index is 2.14. The molecule has 0 aliphatic heterocycles. The maximum absolute atomic E-state index is 4.50. The normalized spacial score (nSPS) is 10.3. The fourth-order valence-electron chi connectivity index (χ4n) is 1.55. The van der Waals surface area contributed by atoms with Crippen molar-refractivity contribution in [1.29, 1.82) is 0 Å². The predicted molar refractivity (Wildman–Crippen MR) is 72.7 cm³/mol. The number of anilines is 2. The third kappa shape index (κ3) is 2.74. The summed E-state index contributed by atoms with van der Waals surface area (Å²) in [4.78, 5) is 12.2. The van der Waals surface area contributed by atoms with Gasteiger partial charge in [-0.15, -0.1) is 11.3 Å². The first kappa shape index (κ1) is 11.9. The summed E-state index contributed by atoms with van der Waals surface area (Å²) in [5.41, 5.74) is 2.99. The molecular weight excluding hydrogens is 232 g/mol. The lowest BCUT2D eigenvalue weighted by Gasteiger charge is -2.18. The molecule has 0 amide bonds. The number of aryl methyl sites for hydroxylation is 1. The molecule has 2 aromatic rings. The van der Waals surface area contributed by atoms with Gasteiger partial charge in [0.25, 0.3) is 0 Å². The highest BCUT2D eigenvalue weighted by molar-refractivity contribution is 7.09. The largest absolute Gasteiger partial charge is 0.373 e. The van der Waals surface area contributed by atoms with Crippen LogP contribution in [-0.2, 0) is 6.54 Å². The number of pyridine rings is 1. The molecule has 0 saturated carbocycles. The van der Waals surface area contributed by atoms with Crippen LogP contribution in [0.15, 0.2) is 23.7 Å². The van der Waals surface area contributed by atoms with Gasteiger partial charge in [0.05, 0.1) is 17.7 Å². The molecule has 2 aromatic heterocycles. The number of thiazole rings is 1. The van der Waals surface area contributed by atoms with E-state index in [1.165, 1.54) is 4.88 Å². The van der Waals surface area contributed by atoms with Crippen LogP contribution < -0.4 is 10.2 Å². The minimum absolute atomic E-state index is 0.844. The number of nitrogens with zero attached hydrogens (tertiary/aromatic N) is 3. The fourth-order valence-corrected chi connectivity index (χ4v) is 2.38. The van der Waals surface area contributed by atoms with E-state index in [1.54, 1.807) is 11.3 Å². The first-order valence-electron chi connectivity index (χ1n) is 5.45. The van der Waals surface area contributed by atoms with E-state index in [0.29, 0.717) is 0 Å². The first-order chi connectivity index (χ1) is 8.20. The van der Waals surface area contributed by atoms with Crippen LogP contribution in [0.5, 0.6) is 0 Å². The van der Waals surface area contributed by atoms with Crippen molar-refractivity contribution in [3.63, 3.8) is 0 Å². The monoisotopic (exact) mass is 248 g/mol. The maximum Gasteiger partial charge on any atom is 0.131 e. The van der Waals surface area contributed by atoms with Gasteiger partial charge in [0, 0.05) is 19.0 Å². The van der Waals surface area contributed by atoms with Crippen LogP contribution in [0.2, 0.25) is 0 Å². The molecule has 1 N–H and O–H groups in total. The highest BCUT2D eigenvalue weighted by Crippen LogP contribution is 2.19. The van der Waals surface area contributed by atoms with Crippen LogP contribution in [0.3, 0.4) is 0 Å². The second-order valence-corrected chi connectivity index (χ2v) is 4.79.